The van der Waals surface area contributed by atoms with Crippen molar-refractivity contribution in [2.75, 3.05) is 0 Å². The average molecular weight is 418 g/mol. The number of thioether (sulfide) groups is 1. The molecule has 0 bridgehead atoms. The largest absolute Gasteiger partial charge is 0.450 e. The number of furan rings is 1. The lowest BCUT2D eigenvalue weighted by molar-refractivity contribution is -0.123. The average Bonchev–Trinajstić information content (AvgIpc) is 3.28. The van der Waals surface area contributed by atoms with Crippen molar-refractivity contribution < 1.29 is 14.0 Å². The number of carbonyl (C=O) groups is 2. The molecule has 0 radical (unpaired) electrons. The zero-order valence-electron chi connectivity index (χ0n) is 15.1. The van der Waals surface area contributed by atoms with Crippen LogP contribution in [0.5, 0.6) is 0 Å². The third-order valence-electron chi connectivity index (χ3n) is 4.18. The van der Waals surface area contributed by atoms with Crippen LogP contribution in [0.3, 0.4) is 0 Å². The van der Waals surface area contributed by atoms with E-state index in [-0.39, 0.29) is 17.7 Å². The molecule has 0 N–H and O–H groups in total. The minimum Gasteiger partial charge on any atom is -0.450 e. The highest BCUT2D eigenvalue weighted by molar-refractivity contribution is 8.18. The van der Waals surface area contributed by atoms with Crippen LogP contribution in [0.25, 0.3) is 6.08 Å². The first-order valence-electron chi connectivity index (χ1n) is 8.70. The van der Waals surface area contributed by atoms with Gasteiger partial charge in [0.15, 0.2) is 5.09 Å². The molecule has 1 saturated heterocycles. The highest BCUT2D eigenvalue weighted by Crippen LogP contribution is 2.35. The van der Waals surface area contributed by atoms with Crippen molar-refractivity contribution in [2.45, 2.75) is 16.5 Å². The van der Waals surface area contributed by atoms with Gasteiger partial charge in [0.05, 0.1) is 23.1 Å². The van der Waals surface area contributed by atoms with Crippen LogP contribution in [0.2, 0.25) is 0 Å². The van der Waals surface area contributed by atoms with Crippen molar-refractivity contribution in [3.05, 3.63) is 88.5 Å². The number of carbonyl (C=O) groups excluding carboxylic acids is 2. The number of nitriles is 1. The van der Waals surface area contributed by atoms with Crippen molar-refractivity contribution in [1.82, 2.24) is 4.90 Å². The van der Waals surface area contributed by atoms with Crippen LogP contribution in [0, 0.1) is 11.3 Å². The van der Waals surface area contributed by atoms with Gasteiger partial charge in [-0.2, -0.15) is 5.26 Å². The molecule has 7 heteroatoms. The second-order valence-corrected chi connectivity index (χ2v) is 8.18. The molecule has 2 heterocycles. The monoisotopic (exact) mass is 418 g/mol. The molecule has 0 unspecified atom stereocenters. The number of amides is 2. The van der Waals surface area contributed by atoms with Crippen LogP contribution >= 0.6 is 23.5 Å². The Balaban J connectivity index is 1.50. The Morgan fingerprint density at radius 2 is 1.79 bits per heavy atom. The van der Waals surface area contributed by atoms with E-state index in [0.717, 1.165) is 21.6 Å². The van der Waals surface area contributed by atoms with Gasteiger partial charge in [-0.1, -0.05) is 48.2 Å². The summed E-state index contributed by atoms with van der Waals surface area (Å²) >= 11 is 2.35. The normalized spacial score (nSPS) is 15.1. The van der Waals surface area contributed by atoms with E-state index >= 15 is 0 Å². The van der Waals surface area contributed by atoms with Crippen molar-refractivity contribution in [3.8, 4) is 6.07 Å². The number of hydrogen-bond acceptors (Lipinski definition) is 6. The molecule has 0 atom stereocenters. The van der Waals surface area contributed by atoms with E-state index in [4.69, 9.17) is 4.42 Å². The molecule has 3 aromatic rings. The van der Waals surface area contributed by atoms with Gasteiger partial charge in [0, 0.05) is 11.0 Å². The van der Waals surface area contributed by atoms with Gasteiger partial charge in [-0.15, -0.1) is 0 Å². The Hall–Kier alpha value is -3.21. The molecule has 4 rings (SSSR count). The second-order valence-electron chi connectivity index (χ2n) is 6.11. The standard InChI is InChI=1S/C22H14N2O3S2/c23-13-15-6-4-5-7-16(15)14-24-21(25)19(29-22(24)26)12-17-10-11-20(27-17)28-18-8-2-1-3-9-18/h1-12H,14H2/b19-12-. The summed E-state index contributed by atoms with van der Waals surface area (Å²) in [6.45, 7) is 0.0685. The Morgan fingerprint density at radius 3 is 2.59 bits per heavy atom. The number of benzene rings is 2. The second kappa shape index (κ2) is 8.43. The van der Waals surface area contributed by atoms with Crippen LogP contribution in [-0.2, 0) is 11.3 Å². The summed E-state index contributed by atoms with van der Waals surface area (Å²) < 4.78 is 5.77. The molecule has 1 fully saturated rings. The molecule has 29 heavy (non-hydrogen) atoms. The molecule has 1 aliphatic rings. The minimum absolute atomic E-state index is 0.0685. The molecule has 5 nitrogen and oxygen atoms in total. The number of nitrogens with zero attached hydrogens (tertiary/aromatic N) is 2. The Labute approximate surface area is 176 Å². The van der Waals surface area contributed by atoms with E-state index < -0.39 is 0 Å². The van der Waals surface area contributed by atoms with E-state index in [9.17, 15) is 14.9 Å². The highest BCUT2D eigenvalue weighted by atomic mass is 32.2. The van der Waals surface area contributed by atoms with Crippen molar-refractivity contribution >= 4 is 40.7 Å². The third-order valence-corrected chi connectivity index (χ3v) is 6.01. The molecule has 1 aromatic heterocycles. The molecule has 2 aromatic carbocycles. The van der Waals surface area contributed by atoms with E-state index in [1.165, 1.54) is 11.8 Å². The van der Waals surface area contributed by atoms with Gasteiger partial charge in [0.2, 0.25) is 0 Å². The highest BCUT2D eigenvalue weighted by Gasteiger charge is 2.35. The summed E-state index contributed by atoms with van der Waals surface area (Å²) in [4.78, 5) is 27.5. The van der Waals surface area contributed by atoms with Crippen molar-refractivity contribution in [2.24, 2.45) is 0 Å². The molecule has 1 aliphatic heterocycles. The van der Waals surface area contributed by atoms with E-state index in [1.807, 2.05) is 36.4 Å². The first kappa shape index (κ1) is 19.1. The summed E-state index contributed by atoms with van der Waals surface area (Å²) in [6, 6.07) is 22.4. The Kier molecular flexibility index (Phi) is 5.56. The fourth-order valence-electron chi connectivity index (χ4n) is 2.77. The SMILES string of the molecule is N#Cc1ccccc1CN1C(=O)S/C(=C\c2ccc(Sc3ccccc3)o2)C1=O. The lowest BCUT2D eigenvalue weighted by Crippen LogP contribution is -2.27. The molecule has 0 saturated carbocycles. The molecular weight excluding hydrogens is 404 g/mol. The zero-order valence-corrected chi connectivity index (χ0v) is 16.7. The summed E-state index contributed by atoms with van der Waals surface area (Å²) in [7, 11) is 0. The predicted molar refractivity (Wildman–Crippen MR) is 112 cm³/mol. The van der Waals surface area contributed by atoms with E-state index in [1.54, 1.807) is 36.4 Å². The first-order chi connectivity index (χ1) is 14.1. The van der Waals surface area contributed by atoms with Gasteiger partial charge in [0.1, 0.15) is 5.76 Å². The van der Waals surface area contributed by atoms with Crippen LogP contribution in [-0.4, -0.2) is 16.0 Å². The number of rotatable bonds is 5. The van der Waals surface area contributed by atoms with Gasteiger partial charge in [-0.3, -0.25) is 14.5 Å². The maximum atomic E-state index is 12.7. The maximum Gasteiger partial charge on any atom is 0.293 e. The summed E-state index contributed by atoms with van der Waals surface area (Å²) in [5.74, 6) is 0.118. The quantitative estimate of drug-likeness (QED) is 0.507. The molecule has 2 amide bonds. The van der Waals surface area contributed by atoms with Crippen molar-refractivity contribution in [3.63, 3.8) is 0 Å². The zero-order chi connectivity index (χ0) is 20.2. The van der Waals surface area contributed by atoms with Crippen molar-refractivity contribution in [1.29, 1.82) is 5.26 Å². The lowest BCUT2D eigenvalue weighted by Gasteiger charge is -2.13. The molecule has 142 valence electrons. The van der Waals surface area contributed by atoms with Crippen LogP contribution in [0.1, 0.15) is 16.9 Å². The maximum absolute atomic E-state index is 12.7. The van der Waals surface area contributed by atoms with E-state index in [0.29, 0.717) is 26.9 Å². The number of hydrogen-bond donors (Lipinski definition) is 0. The fraction of sp³-hybridized carbons (Fsp3) is 0.0455. The molecule has 0 aliphatic carbocycles. The third kappa shape index (κ3) is 4.29. The van der Waals surface area contributed by atoms with Gasteiger partial charge in [-0.05, 0) is 47.7 Å². The predicted octanol–water partition coefficient (Wildman–Crippen LogP) is 5.54. The topological polar surface area (TPSA) is 74.3 Å². The smallest absolute Gasteiger partial charge is 0.293 e. The number of imide groups is 1. The summed E-state index contributed by atoms with van der Waals surface area (Å²) in [6.07, 6.45) is 1.58. The van der Waals surface area contributed by atoms with Crippen LogP contribution in [0.4, 0.5) is 4.79 Å². The van der Waals surface area contributed by atoms with E-state index in [2.05, 4.69) is 6.07 Å². The van der Waals surface area contributed by atoms with Gasteiger partial charge < -0.3 is 4.42 Å². The van der Waals surface area contributed by atoms with Gasteiger partial charge >= 0.3 is 0 Å². The van der Waals surface area contributed by atoms with Crippen LogP contribution in [0.15, 0.2) is 86.0 Å². The lowest BCUT2D eigenvalue weighted by atomic mass is 10.1. The summed E-state index contributed by atoms with van der Waals surface area (Å²) in [5.41, 5.74) is 1.09. The molecule has 0 spiro atoms. The fourth-order valence-corrected chi connectivity index (χ4v) is 4.39. The first-order valence-corrected chi connectivity index (χ1v) is 10.3. The Morgan fingerprint density at radius 1 is 1.03 bits per heavy atom. The van der Waals surface area contributed by atoms with Gasteiger partial charge in [0.25, 0.3) is 11.1 Å². The summed E-state index contributed by atoms with van der Waals surface area (Å²) in [5, 5.41) is 9.55. The van der Waals surface area contributed by atoms with Gasteiger partial charge in [-0.25, -0.2) is 0 Å². The Bertz CT molecular complexity index is 1150. The minimum atomic E-state index is -0.388. The molecular formula is C22H14N2O3S2. The van der Waals surface area contributed by atoms with Crippen LogP contribution < -0.4 is 0 Å².